The molecule has 0 saturated carbocycles. The molecule has 5 nitrogen and oxygen atoms in total. The van der Waals surface area contributed by atoms with E-state index in [9.17, 15) is 0 Å². The summed E-state index contributed by atoms with van der Waals surface area (Å²) in [5, 5.41) is 17.7. The van der Waals surface area contributed by atoms with Crippen molar-refractivity contribution < 1.29 is 24.4 Å². The van der Waals surface area contributed by atoms with E-state index < -0.39 is 6.10 Å². The van der Waals surface area contributed by atoms with Crippen molar-refractivity contribution >= 4 is 11.8 Å². The summed E-state index contributed by atoms with van der Waals surface area (Å²) in [7, 11) is 0. The van der Waals surface area contributed by atoms with Crippen LogP contribution in [0.25, 0.3) is 0 Å². The maximum atomic E-state index is 9.09. The van der Waals surface area contributed by atoms with Crippen molar-refractivity contribution in [1.29, 1.82) is 0 Å². The summed E-state index contributed by atoms with van der Waals surface area (Å²) < 4.78 is 16.1. The summed E-state index contributed by atoms with van der Waals surface area (Å²) >= 11 is 1.57. The number of thioether (sulfide) groups is 1. The van der Waals surface area contributed by atoms with E-state index in [1.54, 1.807) is 11.8 Å². The summed E-state index contributed by atoms with van der Waals surface area (Å²) in [6.45, 7) is 5.84. The monoisotopic (exact) mass is 296 g/mol. The standard InChI is InChI=1S/C13H28O5S/c1-2-3-4-16-5-6-17-7-8-18-9-10-19-12-13(15)11-14/h13-15H,2-12H2,1H3. The van der Waals surface area contributed by atoms with Gasteiger partial charge in [-0.3, -0.25) is 0 Å². The Morgan fingerprint density at radius 1 is 0.947 bits per heavy atom. The summed E-state index contributed by atoms with van der Waals surface area (Å²) in [5.41, 5.74) is 0. The van der Waals surface area contributed by atoms with Crippen molar-refractivity contribution in [2.24, 2.45) is 0 Å². The van der Waals surface area contributed by atoms with Crippen LogP contribution in [-0.4, -0.2) is 74.1 Å². The van der Waals surface area contributed by atoms with E-state index in [0.29, 0.717) is 38.8 Å². The number of hydrogen-bond donors (Lipinski definition) is 2. The zero-order valence-corrected chi connectivity index (χ0v) is 12.7. The second kappa shape index (κ2) is 16.2. The van der Waals surface area contributed by atoms with Crippen molar-refractivity contribution in [3.8, 4) is 0 Å². The number of aliphatic hydroxyl groups excluding tert-OH is 2. The van der Waals surface area contributed by atoms with E-state index in [1.807, 2.05) is 0 Å². The molecule has 0 aromatic rings. The summed E-state index contributed by atoms with van der Waals surface area (Å²) in [5.74, 6) is 1.36. The van der Waals surface area contributed by atoms with Crippen LogP contribution in [0.15, 0.2) is 0 Å². The van der Waals surface area contributed by atoms with Gasteiger partial charge in [0.25, 0.3) is 0 Å². The quantitative estimate of drug-likeness (QED) is 0.438. The summed E-state index contributed by atoms with van der Waals surface area (Å²) in [6, 6.07) is 0. The highest BCUT2D eigenvalue weighted by Gasteiger charge is 2.00. The van der Waals surface area contributed by atoms with Gasteiger partial charge in [0.1, 0.15) is 0 Å². The molecule has 0 aliphatic carbocycles. The van der Waals surface area contributed by atoms with Gasteiger partial charge >= 0.3 is 0 Å². The Morgan fingerprint density at radius 3 is 2.11 bits per heavy atom. The third-order valence-electron chi connectivity index (χ3n) is 2.28. The summed E-state index contributed by atoms with van der Waals surface area (Å²) in [4.78, 5) is 0. The smallest absolute Gasteiger partial charge is 0.0861 e. The maximum Gasteiger partial charge on any atom is 0.0861 e. The minimum absolute atomic E-state index is 0.179. The summed E-state index contributed by atoms with van der Waals surface area (Å²) in [6.07, 6.45) is 1.63. The Labute approximate surface area is 120 Å². The van der Waals surface area contributed by atoms with Crippen LogP contribution >= 0.6 is 11.8 Å². The second-order valence-corrected chi connectivity index (χ2v) is 5.25. The number of aliphatic hydroxyl groups is 2. The molecule has 0 saturated heterocycles. The molecule has 0 radical (unpaired) electrons. The van der Waals surface area contributed by atoms with E-state index in [0.717, 1.165) is 25.2 Å². The van der Waals surface area contributed by atoms with Crippen LogP contribution in [0, 0.1) is 0 Å². The highest BCUT2D eigenvalue weighted by Crippen LogP contribution is 2.02. The molecular weight excluding hydrogens is 268 g/mol. The molecule has 0 aromatic carbocycles. The van der Waals surface area contributed by atoms with Gasteiger partial charge in [0, 0.05) is 18.1 Å². The molecule has 19 heavy (non-hydrogen) atoms. The van der Waals surface area contributed by atoms with Crippen LogP contribution in [-0.2, 0) is 14.2 Å². The molecule has 0 fully saturated rings. The Hall–Kier alpha value is 0.150. The first-order valence-corrected chi connectivity index (χ1v) is 8.06. The lowest BCUT2D eigenvalue weighted by Gasteiger charge is -2.08. The molecule has 2 N–H and O–H groups in total. The molecule has 1 atom stereocenters. The molecule has 0 aliphatic rings. The normalized spacial score (nSPS) is 12.8. The van der Waals surface area contributed by atoms with Gasteiger partial charge in [-0.25, -0.2) is 0 Å². The molecule has 0 amide bonds. The minimum Gasteiger partial charge on any atom is -0.394 e. The molecule has 0 heterocycles. The average molecular weight is 296 g/mol. The van der Waals surface area contributed by atoms with Gasteiger partial charge in [-0.05, 0) is 6.42 Å². The fourth-order valence-corrected chi connectivity index (χ4v) is 1.96. The molecule has 6 heteroatoms. The lowest BCUT2D eigenvalue weighted by molar-refractivity contribution is 0.0169. The van der Waals surface area contributed by atoms with Crippen LogP contribution in [0.2, 0.25) is 0 Å². The largest absolute Gasteiger partial charge is 0.394 e. The van der Waals surface area contributed by atoms with Gasteiger partial charge in [0.15, 0.2) is 0 Å². The Morgan fingerprint density at radius 2 is 1.53 bits per heavy atom. The lowest BCUT2D eigenvalue weighted by Crippen LogP contribution is -2.16. The highest BCUT2D eigenvalue weighted by atomic mass is 32.2. The fraction of sp³-hybridized carbons (Fsp3) is 1.00. The van der Waals surface area contributed by atoms with E-state index in [-0.39, 0.29) is 6.61 Å². The van der Waals surface area contributed by atoms with Crippen LogP contribution in [0.5, 0.6) is 0 Å². The molecule has 116 valence electrons. The van der Waals surface area contributed by atoms with Gasteiger partial charge in [-0.15, -0.1) is 0 Å². The first-order chi connectivity index (χ1) is 9.31. The zero-order valence-electron chi connectivity index (χ0n) is 11.9. The number of unbranched alkanes of at least 4 members (excludes halogenated alkanes) is 1. The molecule has 0 bridgehead atoms. The van der Waals surface area contributed by atoms with Gasteiger partial charge in [-0.2, -0.15) is 11.8 Å². The number of rotatable bonds is 15. The van der Waals surface area contributed by atoms with Gasteiger partial charge in [0.05, 0.1) is 45.7 Å². The Kier molecular flexibility index (Phi) is 16.3. The molecule has 0 aliphatic heterocycles. The van der Waals surface area contributed by atoms with Gasteiger partial charge in [-0.1, -0.05) is 13.3 Å². The Balaban J connectivity index is 2.95. The van der Waals surface area contributed by atoms with Crippen molar-refractivity contribution in [3.05, 3.63) is 0 Å². The Bertz CT molecular complexity index is 171. The first kappa shape index (κ1) is 19.1. The molecule has 1 unspecified atom stereocenters. The number of ether oxygens (including phenoxy) is 3. The van der Waals surface area contributed by atoms with Crippen LogP contribution < -0.4 is 0 Å². The number of hydrogen-bond acceptors (Lipinski definition) is 6. The van der Waals surface area contributed by atoms with Crippen LogP contribution in [0.3, 0.4) is 0 Å². The van der Waals surface area contributed by atoms with Gasteiger partial charge in [0.2, 0.25) is 0 Å². The predicted octanol–water partition coefficient (Wildman–Crippen LogP) is 0.923. The molecule has 0 spiro atoms. The fourth-order valence-electron chi connectivity index (χ4n) is 1.18. The maximum absolute atomic E-state index is 9.09. The molecule has 0 rings (SSSR count). The van der Waals surface area contributed by atoms with Crippen molar-refractivity contribution in [3.63, 3.8) is 0 Å². The van der Waals surface area contributed by atoms with E-state index in [4.69, 9.17) is 24.4 Å². The van der Waals surface area contributed by atoms with Crippen molar-refractivity contribution in [2.75, 3.05) is 57.8 Å². The van der Waals surface area contributed by atoms with Crippen LogP contribution in [0.1, 0.15) is 19.8 Å². The average Bonchev–Trinajstić information content (AvgIpc) is 2.43. The lowest BCUT2D eigenvalue weighted by atomic mass is 10.4. The molecular formula is C13H28O5S. The third kappa shape index (κ3) is 16.1. The SMILES string of the molecule is CCCCOCCOCCOCCSCC(O)CO. The zero-order chi connectivity index (χ0) is 14.2. The van der Waals surface area contributed by atoms with Crippen LogP contribution in [0.4, 0.5) is 0 Å². The predicted molar refractivity (Wildman–Crippen MR) is 77.8 cm³/mol. The van der Waals surface area contributed by atoms with Crippen molar-refractivity contribution in [2.45, 2.75) is 25.9 Å². The second-order valence-electron chi connectivity index (χ2n) is 4.10. The first-order valence-electron chi connectivity index (χ1n) is 6.91. The van der Waals surface area contributed by atoms with E-state index in [2.05, 4.69) is 6.92 Å². The topological polar surface area (TPSA) is 68.2 Å². The van der Waals surface area contributed by atoms with E-state index >= 15 is 0 Å². The van der Waals surface area contributed by atoms with E-state index in [1.165, 1.54) is 0 Å². The van der Waals surface area contributed by atoms with Crippen molar-refractivity contribution in [1.82, 2.24) is 0 Å². The highest BCUT2D eigenvalue weighted by molar-refractivity contribution is 7.99. The minimum atomic E-state index is -0.624. The third-order valence-corrected chi connectivity index (χ3v) is 3.36. The molecule has 0 aromatic heterocycles. The van der Waals surface area contributed by atoms with Gasteiger partial charge < -0.3 is 24.4 Å².